The predicted octanol–water partition coefficient (Wildman–Crippen LogP) is 4.60. The third-order valence-electron chi connectivity index (χ3n) is 4.67. The quantitative estimate of drug-likeness (QED) is 0.491. The number of furan rings is 1. The van der Waals surface area contributed by atoms with Crippen molar-refractivity contribution in [1.82, 2.24) is 4.90 Å². The van der Waals surface area contributed by atoms with Crippen LogP contribution in [0.2, 0.25) is 0 Å². The number of nitrogens with zero attached hydrogens (tertiary/aromatic N) is 1. The van der Waals surface area contributed by atoms with Crippen molar-refractivity contribution in [2.75, 3.05) is 11.9 Å². The Morgan fingerprint density at radius 3 is 2.62 bits per heavy atom. The van der Waals surface area contributed by atoms with E-state index in [1.807, 2.05) is 0 Å². The van der Waals surface area contributed by atoms with Gasteiger partial charge in [0.15, 0.2) is 0 Å². The Kier molecular flexibility index (Phi) is 6.28. The number of carbonyl (C=O) groups is 4. The van der Waals surface area contributed by atoms with Crippen molar-refractivity contribution >= 4 is 46.5 Å². The van der Waals surface area contributed by atoms with Gasteiger partial charge in [-0.25, -0.2) is 13.6 Å². The average Bonchev–Trinajstić information content (AvgIpc) is 3.36. The van der Waals surface area contributed by atoms with Gasteiger partial charge < -0.3 is 14.8 Å². The first-order valence-electron chi connectivity index (χ1n) is 9.65. The number of amides is 3. The van der Waals surface area contributed by atoms with Gasteiger partial charge in [0.2, 0.25) is 5.91 Å². The van der Waals surface area contributed by atoms with Crippen molar-refractivity contribution in [3.63, 3.8) is 0 Å². The number of hydrogen-bond donors (Lipinski definition) is 2. The van der Waals surface area contributed by atoms with E-state index in [-0.39, 0.29) is 21.9 Å². The Morgan fingerprint density at radius 2 is 1.88 bits per heavy atom. The lowest BCUT2D eigenvalue weighted by atomic mass is 10.1. The van der Waals surface area contributed by atoms with Crippen molar-refractivity contribution in [2.24, 2.45) is 0 Å². The lowest BCUT2D eigenvalue weighted by Crippen LogP contribution is -2.36. The van der Waals surface area contributed by atoms with E-state index >= 15 is 0 Å². The minimum Gasteiger partial charge on any atom is -0.478 e. The predicted molar refractivity (Wildman–Crippen MR) is 119 cm³/mol. The van der Waals surface area contributed by atoms with Crippen LogP contribution in [0.3, 0.4) is 0 Å². The number of thioether (sulfide) groups is 1. The van der Waals surface area contributed by atoms with Gasteiger partial charge in [0, 0.05) is 17.7 Å². The largest absolute Gasteiger partial charge is 0.478 e. The highest BCUT2D eigenvalue weighted by molar-refractivity contribution is 8.18. The highest BCUT2D eigenvalue weighted by Crippen LogP contribution is 2.33. The standard InChI is InChI=1S/C23H14F2N2O6S/c24-14-4-6-17(16(25)9-14)26-20(28)11-27-21(29)19(34-23(27)32)10-15-5-7-18(33-15)12-2-1-3-13(8-12)22(30)31/h1-10H,11H2,(H,26,28)(H,30,31)/b19-10+. The van der Waals surface area contributed by atoms with E-state index in [2.05, 4.69) is 5.32 Å². The lowest BCUT2D eigenvalue weighted by Gasteiger charge is -2.12. The summed E-state index contributed by atoms with van der Waals surface area (Å²) in [5.74, 6) is -3.89. The first kappa shape index (κ1) is 22.9. The number of anilines is 1. The maximum atomic E-state index is 13.7. The van der Waals surface area contributed by atoms with E-state index in [4.69, 9.17) is 9.52 Å². The summed E-state index contributed by atoms with van der Waals surface area (Å²) >= 11 is 0.599. The van der Waals surface area contributed by atoms with Crippen LogP contribution in [0.15, 0.2) is 63.9 Å². The first-order valence-corrected chi connectivity index (χ1v) is 10.5. The molecule has 11 heteroatoms. The number of nitrogens with one attached hydrogen (secondary N) is 1. The van der Waals surface area contributed by atoms with Crippen LogP contribution >= 0.6 is 11.8 Å². The van der Waals surface area contributed by atoms with Crippen molar-refractivity contribution < 1.29 is 37.5 Å². The molecule has 2 aromatic carbocycles. The Hall–Kier alpha value is -4.25. The zero-order valence-corrected chi connectivity index (χ0v) is 17.9. The van der Waals surface area contributed by atoms with Gasteiger partial charge in [-0.3, -0.25) is 19.3 Å². The van der Waals surface area contributed by atoms with Crippen LogP contribution in [0.4, 0.5) is 19.3 Å². The molecule has 0 bridgehead atoms. The fraction of sp³-hybridized carbons (Fsp3) is 0.0435. The number of hydrogen-bond acceptors (Lipinski definition) is 6. The monoisotopic (exact) mass is 484 g/mol. The van der Waals surface area contributed by atoms with Crippen LogP contribution in [0.25, 0.3) is 17.4 Å². The van der Waals surface area contributed by atoms with E-state index < -0.39 is 41.2 Å². The van der Waals surface area contributed by atoms with Gasteiger partial charge in [0.05, 0.1) is 16.2 Å². The van der Waals surface area contributed by atoms with E-state index in [1.54, 1.807) is 24.3 Å². The zero-order chi connectivity index (χ0) is 24.4. The Morgan fingerprint density at radius 1 is 1.09 bits per heavy atom. The summed E-state index contributed by atoms with van der Waals surface area (Å²) in [5, 5.41) is 10.6. The fourth-order valence-corrected chi connectivity index (χ4v) is 3.90. The third-order valence-corrected chi connectivity index (χ3v) is 5.58. The summed E-state index contributed by atoms with van der Waals surface area (Å²) < 4.78 is 32.4. The molecule has 1 saturated heterocycles. The highest BCUT2D eigenvalue weighted by atomic mass is 32.2. The number of imide groups is 1. The van der Waals surface area contributed by atoms with Crippen LogP contribution in [0, 0.1) is 11.6 Å². The van der Waals surface area contributed by atoms with Crippen LogP contribution in [0.1, 0.15) is 16.1 Å². The van der Waals surface area contributed by atoms with Crippen LogP contribution in [-0.2, 0) is 9.59 Å². The molecule has 3 aromatic rings. The van der Waals surface area contributed by atoms with Crippen molar-refractivity contribution in [3.8, 4) is 11.3 Å². The molecular weight excluding hydrogens is 470 g/mol. The smallest absolute Gasteiger partial charge is 0.335 e. The maximum Gasteiger partial charge on any atom is 0.335 e. The molecule has 0 aliphatic carbocycles. The number of halogens is 2. The molecule has 0 radical (unpaired) electrons. The molecule has 8 nitrogen and oxygen atoms in total. The molecule has 0 unspecified atom stereocenters. The summed E-state index contributed by atoms with van der Waals surface area (Å²) in [6, 6.07) is 11.8. The molecule has 1 aliphatic rings. The SMILES string of the molecule is O=C(CN1C(=O)S/C(=C/c2ccc(-c3cccc(C(=O)O)c3)o2)C1=O)Nc1ccc(F)cc1F. The van der Waals surface area contributed by atoms with Gasteiger partial charge in [-0.15, -0.1) is 0 Å². The molecule has 3 amide bonds. The first-order chi connectivity index (χ1) is 16.2. The molecule has 1 aliphatic heterocycles. The molecule has 1 fully saturated rings. The van der Waals surface area contributed by atoms with Gasteiger partial charge in [-0.2, -0.15) is 0 Å². The van der Waals surface area contributed by atoms with E-state index in [0.29, 0.717) is 34.1 Å². The third kappa shape index (κ3) is 4.89. The topological polar surface area (TPSA) is 117 Å². The Bertz CT molecular complexity index is 1370. The van der Waals surface area contributed by atoms with Gasteiger partial charge in [-0.05, 0) is 48.2 Å². The van der Waals surface area contributed by atoms with Gasteiger partial charge in [0.25, 0.3) is 11.1 Å². The molecule has 172 valence electrons. The maximum absolute atomic E-state index is 13.7. The zero-order valence-electron chi connectivity index (χ0n) is 17.1. The van der Waals surface area contributed by atoms with Gasteiger partial charge in [-0.1, -0.05) is 12.1 Å². The molecule has 1 aromatic heterocycles. The lowest BCUT2D eigenvalue weighted by molar-refractivity contribution is -0.127. The number of aromatic carboxylic acids is 1. The number of benzene rings is 2. The second kappa shape index (κ2) is 9.32. The molecule has 4 rings (SSSR count). The Balaban J connectivity index is 1.46. The molecule has 0 saturated carbocycles. The second-order valence-electron chi connectivity index (χ2n) is 7.03. The molecule has 2 heterocycles. The average molecular weight is 484 g/mol. The normalized spacial score (nSPS) is 14.6. The van der Waals surface area contributed by atoms with E-state index in [0.717, 1.165) is 12.1 Å². The number of carboxylic acids is 1. The van der Waals surface area contributed by atoms with E-state index in [1.165, 1.54) is 18.2 Å². The second-order valence-corrected chi connectivity index (χ2v) is 8.02. The Labute approximate surface area is 194 Å². The summed E-state index contributed by atoms with van der Waals surface area (Å²) in [7, 11) is 0. The number of carboxylic acid groups (broad SMARTS) is 1. The molecule has 0 spiro atoms. The van der Waals surface area contributed by atoms with Gasteiger partial charge >= 0.3 is 5.97 Å². The number of rotatable bonds is 6. The van der Waals surface area contributed by atoms with Crippen molar-refractivity contribution in [2.45, 2.75) is 0 Å². The fourth-order valence-electron chi connectivity index (χ4n) is 3.08. The van der Waals surface area contributed by atoms with Crippen LogP contribution in [-0.4, -0.2) is 39.6 Å². The summed E-state index contributed by atoms with van der Waals surface area (Å²) in [6.45, 7) is -0.662. The van der Waals surface area contributed by atoms with Crippen LogP contribution < -0.4 is 5.32 Å². The van der Waals surface area contributed by atoms with Gasteiger partial charge in [0.1, 0.15) is 29.7 Å². The van der Waals surface area contributed by atoms with E-state index in [9.17, 15) is 28.0 Å². The molecule has 2 N–H and O–H groups in total. The summed E-state index contributed by atoms with van der Waals surface area (Å²) in [4.78, 5) is 48.9. The van der Waals surface area contributed by atoms with Crippen molar-refractivity contribution in [3.05, 3.63) is 82.5 Å². The minimum absolute atomic E-state index is 0.00551. The van der Waals surface area contributed by atoms with Crippen LogP contribution in [0.5, 0.6) is 0 Å². The minimum atomic E-state index is -1.09. The van der Waals surface area contributed by atoms with Crippen molar-refractivity contribution in [1.29, 1.82) is 0 Å². The molecule has 34 heavy (non-hydrogen) atoms. The molecular formula is C23H14F2N2O6S. The summed E-state index contributed by atoms with van der Waals surface area (Å²) in [6.07, 6.45) is 1.33. The molecule has 0 atom stereocenters. The summed E-state index contributed by atoms with van der Waals surface area (Å²) in [5.41, 5.74) is 0.303. The number of carbonyl (C=O) groups excluding carboxylic acids is 3. The highest BCUT2D eigenvalue weighted by Gasteiger charge is 2.36.